The van der Waals surface area contributed by atoms with Gasteiger partial charge in [0.15, 0.2) is 5.69 Å². The van der Waals surface area contributed by atoms with E-state index in [1.54, 1.807) is 6.08 Å². The number of nitrogens with zero attached hydrogens (tertiary/aromatic N) is 2. The van der Waals surface area contributed by atoms with Gasteiger partial charge in [-0.2, -0.15) is 13.2 Å². The zero-order chi connectivity index (χ0) is 18.3. The smallest absolute Gasteiger partial charge is 0.434 e. The van der Waals surface area contributed by atoms with E-state index in [2.05, 4.69) is 15.2 Å². The van der Waals surface area contributed by atoms with Gasteiger partial charge in [-0.15, -0.1) is 11.3 Å². The highest BCUT2D eigenvalue weighted by Crippen LogP contribution is 2.38. The van der Waals surface area contributed by atoms with Crippen molar-refractivity contribution in [3.05, 3.63) is 39.8 Å². The molecule has 0 bridgehead atoms. The number of hydrogen-bond donors (Lipinski definition) is 2. The van der Waals surface area contributed by atoms with Crippen LogP contribution in [0.2, 0.25) is 0 Å². The highest BCUT2D eigenvalue weighted by Gasteiger charge is 2.35. The maximum absolute atomic E-state index is 12.7. The van der Waals surface area contributed by atoms with Crippen LogP contribution in [-0.4, -0.2) is 42.6 Å². The largest absolute Gasteiger partial charge is 0.460 e. The van der Waals surface area contributed by atoms with Crippen molar-refractivity contribution in [2.24, 2.45) is 0 Å². The molecule has 2 aliphatic heterocycles. The van der Waals surface area contributed by atoms with E-state index in [-0.39, 0.29) is 10.6 Å². The lowest BCUT2D eigenvalue weighted by molar-refractivity contribution is -0.140. The summed E-state index contributed by atoms with van der Waals surface area (Å²) in [6.07, 6.45) is -4.23. The minimum atomic E-state index is -4.51. The van der Waals surface area contributed by atoms with Crippen molar-refractivity contribution in [3.8, 4) is 5.75 Å². The quantitative estimate of drug-likeness (QED) is 0.835. The minimum absolute atomic E-state index is 0.0988. The monoisotopic (exact) mass is 383 g/mol. The summed E-state index contributed by atoms with van der Waals surface area (Å²) < 4.78 is 43.8. The molecule has 138 valence electrons. The first-order valence-electron chi connectivity index (χ1n) is 8.11. The van der Waals surface area contributed by atoms with Crippen LogP contribution in [0.1, 0.15) is 16.3 Å². The van der Waals surface area contributed by atoms with Crippen molar-refractivity contribution >= 4 is 28.7 Å². The number of aliphatic hydroxyl groups is 1. The third-order valence-electron chi connectivity index (χ3n) is 4.34. The van der Waals surface area contributed by atoms with Crippen molar-refractivity contribution in [2.45, 2.75) is 12.5 Å². The van der Waals surface area contributed by atoms with Crippen molar-refractivity contribution in [2.75, 3.05) is 31.1 Å². The Bertz CT molecular complexity index is 844. The number of anilines is 1. The third kappa shape index (κ3) is 3.29. The van der Waals surface area contributed by atoms with Crippen molar-refractivity contribution in [1.82, 2.24) is 10.3 Å². The SMILES string of the molecule is OC1Oc2cc(N3CCNCC3)ccc2C=C1c1nc(C(F)(F)F)cs1. The number of nitrogens with one attached hydrogen (secondary N) is 1. The topological polar surface area (TPSA) is 57.6 Å². The fraction of sp³-hybridized carbons (Fsp3) is 0.353. The predicted octanol–water partition coefficient (Wildman–Crippen LogP) is 2.82. The molecule has 1 saturated heterocycles. The normalized spacial score (nSPS) is 20.4. The van der Waals surface area contributed by atoms with E-state index < -0.39 is 18.2 Å². The molecule has 0 radical (unpaired) electrons. The Balaban J connectivity index is 1.64. The molecule has 4 rings (SSSR count). The molecule has 2 aromatic rings. The van der Waals surface area contributed by atoms with Crippen LogP contribution in [0.5, 0.6) is 5.75 Å². The molecule has 0 saturated carbocycles. The summed E-state index contributed by atoms with van der Waals surface area (Å²) in [6.45, 7) is 3.55. The first-order chi connectivity index (χ1) is 12.4. The van der Waals surface area contributed by atoms with E-state index in [9.17, 15) is 18.3 Å². The van der Waals surface area contributed by atoms with Gasteiger partial charge in [0, 0.05) is 48.9 Å². The molecular formula is C17H16F3N3O2S. The van der Waals surface area contributed by atoms with E-state index >= 15 is 0 Å². The van der Waals surface area contributed by atoms with E-state index in [1.165, 1.54) is 0 Å². The van der Waals surface area contributed by atoms with Gasteiger partial charge in [-0.05, 0) is 18.2 Å². The molecule has 5 nitrogen and oxygen atoms in total. The molecule has 3 heterocycles. The van der Waals surface area contributed by atoms with Gasteiger partial charge >= 0.3 is 6.18 Å². The van der Waals surface area contributed by atoms with Gasteiger partial charge in [-0.1, -0.05) is 0 Å². The summed E-state index contributed by atoms with van der Waals surface area (Å²) in [7, 11) is 0. The number of rotatable bonds is 2. The number of alkyl halides is 3. The number of fused-ring (bicyclic) bond motifs is 1. The number of benzene rings is 1. The molecule has 2 aliphatic rings. The Kier molecular flexibility index (Phi) is 4.37. The van der Waals surface area contributed by atoms with Gasteiger partial charge in [0.25, 0.3) is 0 Å². The lowest BCUT2D eigenvalue weighted by atomic mass is 10.1. The maximum atomic E-state index is 12.7. The van der Waals surface area contributed by atoms with E-state index in [4.69, 9.17) is 4.74 Å². The number of ether oxygens (including phenoxy) is 1. The van der Waals surface area contributed by atoms with Gasteiger partial charge in [-0.25, -0.2) is 4.98 Å². The Morgan fingerprint density at radius 2 is 2.04 bits per heavy atom. The molecule has 1 fully saturated rings. The molecule has 1 aromatic carbocycles. The van der Waals surface area contributed by atoms with Crippen LogP contribution >= 0.6 is 11.3 Å². The lowest BCUT2D eigenvalue weighted by Gasteiger charge is -2.30. The minimum Gasteiger partial charge on any atom is -0.460 e. The molecular weight excluding hydrogens is 367 g/mol. The van der Waals surface area contributed by atoms with Crippen molar-refractivity contribution < 1.29 is 23.0 Å². The number of piperazine rings is 1. The van der Waals surface area contributed by atoms with E-state index in [0.29, 0.717) is 11.3 Å². The van der Waals surface area contributed by atoms with Gasteiger partial charge in [0.05, 0.1) is 5.57 Å². The fourth-order valence-corrected chi connectivity index (χ4v) is 3.85. The Hall–Kier alpha value is -2.10. The molecule has 26 heavy (non-hydrogen) atoms. The second-order valence-corrected chi connectivity index (χ2v) is 6.92. The van der Waals surface area contributed by atoms with Crippen LogP contribution in [0.15, 0.2) is 23.6 Å². The lowest BCUT2D eigenvalue weighted by Crippen LogP contribution is -2.43. The highest BCUT2D eigenvalue weighted by molar-refractivity contribution is 7.10. The summed E-state index contributed by atoms with van der Waals surface area (Å²) in [5.41, 5.74) is 0.953. The first kappa shape index (κ1) is 17.3. The average molecular weight is 383 g/mol. The molecule has 0 amide bonds. The Labute approximate surface area is 151 Å². The van der Waals surface area contributed by atoms with Gasteiger partial charge in [-0.3, -0.25) is 0 Å². The summed E-state index contributed by atoms with van der Waals surface area (Å²) in [5, 5.41) is 14.6. The maximum Gasteiger partial charge on any atom is 0.434 e. The molecule has 2 N–H and O–H groups in total. The van der Waals surface area contributed by atoms with E-state index in [1.807, 2.05) is 18.2 Å². The number of halogens is 3. The van der Waals surface area contributed by atoms with Gasteiger partial charge in [0.1, 0.15) is 10.8 Å². The fourth-order valence-electron chi connectivity index (χ4n) is 2.99. The Morgan fingerprint density at radius 1 is 1.27 bits per heavy atom. The van der Waals surface area contributed by atoms with Crippen LogP contribution in [0, 0.1) is 0 Å². The van der Waals surface area contributed by atoms with Crippen LogP contribution in [0.25, 0.3) is 11.6 Å². The summed E-state index contributed by atoms with van der Waals surface area (Å²) in [5.74, 6) is 0.505. The zero-order valence-electron chi connectivity index (χ0n) is 13.6. The van der Waals surface area contributed by atoms with Crippen LogP contribution in [0.3, 0.4) is 0 Å². The molecule has 1 aromatic heterocycles. The molecule has 1 unspecified atom stereocenters. The summed E-state index contributed by atoms with van der Waals surface area (Å²) >= 11 is 0.833. The Morgan fingerprint density at radius 3 is 2.73 bits per heavy atom. The van der Waals surface area contributed by atoms with E-state index in [0.717, 1.165) is 48.6 Å². The van der Waals surface area contributed by atoms with Crippen LogP contribution < -0.4 is 15.0 Å². The molecule has 1 atom stereocenters. The average Bonchev–Trinajstić information content (AvgIpc) is 3.12. The zero-order valence-corrected chi connectivity index (χ0v) is 14.4. The van der Waals surface area contributed by atoms with Crippen molar-refractivity contribution in [3.63, 3.8) is 0 Å². The molecule has 0 aliphatic carbocycles. The molecule has 9 heteroatoms. The van der Waals surface area contributed by atoms with Gasteiger partial charge < -0.3 is 20.1 Å². The number of hydrogen-bond acceptors (Lipinski definition) is 6. The van der Waals surface area contributed by atoms with Crippen LogP contribution in [-0.2, 0) is 6.18 Å². The second kappa shape index (κ2) is 6.57. The van der Waals surface area contributed by atoms with Crippen LogP contribution in [0.4, 0.5) is 18.9 Å². The number of aromatic nitrogens is 1. The van der Waals surface area contributed by atoms with Gasteiger partial charge in [0.2, 0.25) is 6.29 Å². The predicted molar refractivity (Wildman–Crippen MR) is 93.1 cm³/mol. The van der Waals surface area contributed by atoms with Crippen molar-refractivity contribution in [1.29, 1.82) is 0 Å². The standard InChI is InChI=1S/C17H16F3N3O2S/c18-17(19,20)14-9-26-15(22-14)12-7-10-1-2-11(8-13(10)25-16(12)24)23-5-3-21-4-6-23/h1-2,7-9,16,21,24H,3-6H2. The highest BCUT2D eigenvalue weighted by atomic mass is 32.1. The number of aliphatic hydroxyl groups excluding tert-OH is 1. The number of thiazole rings is 1. The first-order valence-corrected chi connectivity index (χ1v) is 8.99. The second-order valence-electron chi connectivity index (χ2n) is 6.06. The summed E-state index contributed by atoms with van der Waals surface area (Å²) in [6, 6.07) is 5.64. The third-order valence-corrected chi connectivity index (χ3v) is 5.23. The summed E-state index contributed by atoms with van der Waals surface area (Å²) in [4.78, 5) is 5.80. The molecule has 0 spiro atoms.